The van der Waals surface area contributed by atoms with Gasteiger partial charge in [-0.3, -0.25) is 4.79 Å². The van der Waals surface area contributed by atoms with Gasteiger partial charge in [-0.25, -0.2) is 4.99 Å². The number of nitrogens with one attached hydrogen (secondary N) is 1. The van der Waals surface area contributed by atoms with Crippen LogP contribution in [0, 0.1) is 5.92 Å². The second kappa shape index (κ2) is 10.6. The number of carbonyl (C=O) groups excluding carboxylic acids is 1. The third-order valence-electron chi connectivity index (χ3n) is 4.85. The van der Waals surface area contributed by atoms with Crippen molar-refractivity contribution in [3.05, 3.63) is 17.7 Å². The average Bonchev–Trinajstić information content (AvgIpc) is 2.75. The van der Waals surface area contributed by atoms with Gasteiger partial charge in [0.2, 0.25) is 0 Å². The van der Waals surface area contributed by atoms with E-state index in [0.717, 1.165) is 44.0 Å². The molecule has 1 heterocycles. The first-order valence-electron chi connectivity index (χ1n) is 9.47. The van der Waals surface area contributed by atoms with Crippen LogP contribution in [-0.2, 0) is 16.1 Å². The van der Waals surface area contributed by atoms with Crippen LogP contribution in [0.5, 0.6) is 17.2 Å². The van der Waals surface area contributed by atoms with Crippen molar-refractivity contribution in [1.82, 2.24) is 10.2 Å². The Bertz CT molecular complexity index is 685. The highest BCUT2D eigenvalue weighted by molar-refractivity contribution is 5.80. The molecule has 0 bridgehead atoms. The lowest BCUT2D eigenvalue weighted by Crippen LogP contribution is -2.46. The maximum atomic E-state index is 11.7. The first-order chi connectivity index (χ1) is 13.6. The monoisotopic (exact) mass is 393 g/mol. The maximum Gasteiger partial charge on any atom is 0.308 e. The van der Waals surface area contributed by atoms with Crippen LogP contribution in [0.3, 0.4) is 0 Å². The Morgan fingerprint density at radius 3 is 2.21 bits per heavy atom. The molecule has 0 unspecified atom stereocenters. The van der Waals surface area contributed by atoms with Gasteiger partial charge in [-0.2, -0.15) is 0 Å². The molecule has 1 aromatic carbocycles. The standard InChI is InChI=1S/C20H31N3O5/c1-6-21-20(23-9-7-14(8-10-23)19(24)28-5)22-13-15-11-17(26-3)18(27-4)12-16(15)25-2/h11-12,14H,6-10,13H2,1-5H3,(H,21,22). The topological polar surface area (TPSA) is 81.6 Å². The number of nitrogens with zero attached hydrogens (tertiary/aromatic N) is 2. The molecule has 1 N–H and O–H groups in total. The van der Waals surface area contributed by atoms with E-state index in [1.54, 1.807) is 27.4 Å². The van der Waals surface area contributed by atoms with Crippen molar-refractivity contribution in [3.63, 3.8) is 0 Å². The highest BCUT2D eigenvalue weighted by Gasteiger charge is 2.27. The molecule has 0 radical (unpaired) electrons. The first kappa shape index (κ1) is 21.7. The molecule has 1 aliphatic heterocycles. The summed E-state index contributed by atoms with van der Waals surface area (Å²) >= 11 is 0. The van der Waals surface area contributed by atoms with E-state index in [1.807, 2.05) is 13.0 Å². The van der Waals surface area contributed by atoms with Gasteiger partial charge in [0.15, 0.2) is 17.5 Å². The lowest BCUT2D eigenvalue weighted by molar-refractivity contribution is -0.146. The molecule has 0 saturated carbocycles. The van der Waals surface area contributed by atoms with Crippen molar-refractivity contribution in [2.75, 3.05) is 48.1 Å². The molecule has 0 aromatic heterocycles. The molecule has 1 aliphatic rings. The van der Waals surface area contributed by atoms with Crippen LogP contribution in [0.1, 0.15) is 25.3 Å². The maximum absolute atomic E-state index is 11.7. The zero-order valence-electron chi connectivity index (χ0n) is 17.4. The Balaban J connectivity index is 2.16. The van der Waals surface area contributed by atoms with E-state index in [9.17, 15) is 4.79 Å². The Morgan fingerprint density at radius 2 is 1.68 bits per heavy atom. The molecule has 1 fully saturated rings. The number of benzene rings is 1. The molecule has 1 saturated heterocycles. The number of aliphatic imine (C=N–C) groups is 1. The van der Waals surface area contributed by atoms with E-state index in [-0.39, 0.29) is 11.9 Å². The van der Waals surface area contributed by atoms with Crippen LogP contribution < -0.4 is 19.5 Å². The largest absolute Gasteiger partial charge is 0.496 e. The quantitative estimate of drug-likeness (QED) is 0.431. The molecule has 28 heavy (non-hydrogen) atoms. The minimum absolute atomic E-state index is 0.0323. The van der Waals surface area contributed by atoms with Crippen molar-refractivity contribution >= 4 is 11.9 Å². The van der Waals surface area contributed by atoms with E-state index >= 15 is 0 Å². The third kappa shape index (κ3) is 5.21. The highest BCUT2D eigenvalue weighted by Crippen LogP contribution is 2.35. The molecule has 0 spiro atoms. The number of guanidine groups is 1. The number of ether oxygens (including phenoxy) is 4. The van der Waals surface area contributed by atoms with Gasteiger partial charge in [-0.1, -0.05) is 0 Å². The summed E-state index contributed by atoms with van der Waals surface area (Å²) in [5, 5.41) is 3.33. The van der Waals surface area contributed by atoms with Crippen molar-refractivity contribution in [3.8, 4) is 17.2 Å². The number of piperidine rings is 1. The molecule has 0 amide bonds. The Morgan fingerprint density at radius 1 is 1.07 bits per heavy atom. The molecule has 0 aliphatic carbocycles. The van der Waals surface area contributed by atoms with Gasteiger partial charge in [0.25, 0.3) is 0 Å². The highest BCUT2D eigenvalue weighted by atomic mass is 16.5. The smallest absolute Gasteiger partial charge is 0.308 e. The molecular weight excluding hydrogens is 362 g/mol. The van der Waals surface area contributed by atoms with Crippen molar-refractivity contribution in [1.29, 1.82) is 0 Å². The number of hydrogen-bond donors (Lipinski definition) is 1. The predicted molar refractivity (Wildman–Crippen MR) is 107 cm³/mol. The number of carbonyl (C=O) groups is 1. The van der Waals surface area contributed by atoms with Gasteiger partial charge in [-0.05, 0) is 25.8 Å². The predicted octanol–water partition coefficient (Wildman–Crippen LogP) is 2.06. The minimum Gasteiger partial charge on any atom is -0.496 e. The van der Waals surface area contributed by atoms with E-state index in [4.69, 9.17) is 23.9 Å². The third-order valence-corrected chi connectivity index (χ3v) is 4.85. The molecule has 8 heteroatoms. The lowest BCUT2D eigenvalue weighted by atomic mass is 9.97. The van der Waals surface area contributed by atoms with Crippen molar-refractivity contribution in [2.24, 2.45) is 10.9 Å². The average molecular weight is 393 g/mol. The normalized spacial score (nSPS) is 15.2. The number of esters is 1. The summed E-state index contributed by atoms with van der Waals surface area (Å²) in [5.74, 6) is 2.61. The molecular formula is C20H31N3O5. The van der Waals surface area contributed by atoms with Crippen molar-refractivity contribution < 1.29 is 23.7 Å². The fourth-order valence-corrected chi connectivity index (χ4v) is 3.30. The molecule has 8 nitrogen and oxygen atoms in total. The minimum atomic E-state index is -0.128. The fourth-order valence-electron chi connectivity index (χ4n) is 3.30. The van der Waals surface area contributed by atoms with Gasteiger partial charge < -0.3 is 29.2 Å². The summed E-state index contributed by atoms with van der Waals surface area (Å²) in [5.41, 5.74) is 0.903. The van der Waals surface area contributed by atoms with Gasteiger partial charge in [-0.15, -0.1) is 0 Å². The van der Waals surface area contributed by atoms with E-state index < -0.39 is 0 Å². The number of methoxy groups -OCH3 is 4. The summed E-state index contributed by atoms with van der Waals surface area (Å²) in [6, 6.07) is 3.69. The summed E-state index contributed by atoms with van der Waals surface area (Å²) in [4.78, 5) is 18.7. The van der Waals surface area contributed by atoms with Crippen LogP contribution in [0.25, 0.3) is 0 Å². The first-order valence-corrected chi connectivity index (χ1v) is 9.47. The fraction of sp³-hybridized carbons (Fsp3) is 0.600. The van der Waals surface area contributed by atoms with Crippen LogP contribution in [-0.4, -0.2) is 64.9 Å². The molecule has 0 atom stereocenters. The van der Waals surface area contributed by atoms with Crippen LogP contribution >= 0.6 is 0 Å². The van der Waals surface area contributed by atoms with Gasteiger partial charge in [0.05, 0.1) is 40.9 Å². The van der Waals surface area contributed by atoms with E-state index in [2.05, 4.69) is 10.2 Å². The second-order valence-electron chi connectivity index (χ2n) is 6.47. The van der Waals surface area contributed by atoms with E-state index in [0.29, 0.717) is 23.8 Å². The van der Waals surface area contributed by atoms with Gasteiger partial charge in [0, 0.05) is 31.3 Å². The van der Waals surface area contributed by atoms with Gasteiger partial charge in [0.1, 0.15) is 5.75 Å². The Kier molecular flexibility index (Phi) is 8.22. The Hall–Kier alpha value is -2.64. The van der Waals surface area contributed by atoms with Crippen LogP contribution in [0.15, 0.2) is 17.1 Å². The zero-order valence-corrected chi connectivity index (χ0v) is 17.4. The summed E-state index contributed by atoms with van der Waals surface area (Å²) in [7, 11) is 6.26. The summed E-state index contributed by atoms with van der Waals surface area (Å²) < 4.78 is 21.1. The number of rotatable bonds is 7. The Labute approximate surface area is 166 Å². The van der Waals surface area contributed by atoms with E-state index in [1.165, 1.54) is 7.11 Å². The molecule has 156 valence electrons. The second-order valence-corrected chi connectivity index (χ2v) is 6.47. The van der Waals surface area contributed by atoms with Crippen LogP contribution in [0.4, 0.5) is 0 Å². The van der Waals surface area contributed by atoms with Crippen molar-refractivity contribution in [2.45, 2.75) is 26.3 Å². The summed E-state index contributed by atoms with van der Waals surface area (Å²) in [6.07, 6.45) is 1.52. The van der Waals surface area contributed by atoms with Gasteiger partial charge >= 0.3 is 5.97 Å². The lowest BCUT2D eigenvalue weighted by Gasteiger charge is -2.33. The summed E-state index contributed by atoms with van der Waals surface area (Å²) in [6.45, 7) is 4.75. The molecule has 2 rings (SSSR count). The number of likely N-dealkylation sites (tertiary alicyclic amines) is 1. The van der Waals surface area contributed by atoms with Crippen LogP contribution in [0.2, 0.25) is 0 Å². The SMILES string of the molecule is CCNC(=NCc1cc(OC)c(OC)cc1OC)N1CCC(C(=O)OC)CC1. The molecule has 1 aromatic rings. The number of hydrogen-bond acceptors (Lipinski definition) is 6. The zero-order chi connectivity index (χ0) is 20.5.